The molecule has 2 heterocycles. The van der Waals surface area contributed by atoms with Gasteiger partial charge in [-0.3, -0.25) is 0 Å². The topological polar surface area (TPSA) is 54.3 Å². The van der Waals surface area contributed by atoms with Crippen molar-refractivity contribution in [1.82, 2.24) is 9.88 Å². The second kappa shape index (κ2) is 4.60. The Bertz CT molecular complexity index is 722. The third kappa shape index (κ3) is 2.05. The molecule has 21 heavy (non-hydrogen) atoms. The first kappa shape index (κ1) is 14.1. The molecule has 0 amide bonds. The van der Waals surface area contributed by atoms with E-state index >= 15 is 0 Å². The summed E-state index contributed by atoms with van der Waals surface area (Å²) in [5.41, 5.74) is 4.14. The van der Waals surface area contributed by atoms with Gasteiger partial charge in [0.2, 0.25) is 0 Å². The van der Waals surface area contributed by atoms with Crippen LogP contribution in [0.25, 0.3) is 10.9 Å². The lowest BCUT2D eigenvalue weighted by molar-refractivity contribution is 0.196. The minimum absolute atomic E-state index is 0.00786. The molecule has 0 fully saturated rings. The van der Waals surface area contributed by atoms with Crippen molar-refractivity contribution in [3.05, 3.63) is 35.0 Å². The van der Waals surface area contributed by atoms with Gasteiger partial charge in [0.05, 0.1) is 11.2 Å². The summed E-state index contributed by atoms with van der Waals surface area (Å²) < 4.78 is 1.47. The van der Waals surface area contributed by atoms with Crippen LogP contribution >= 0.6 is 0 Å². The fourth-order valence-corrected chi connectivity index (χ4v) is 3.49. The van der Waals surface area contributed by atoms with Crippen LogP contribution in [-0.4, -0.2) is 22.3 Å². The molecule has 1 aliphatic rings. The Labute approximate surface area is 124 Å². The molecule has 2 N–H and O–H groups in total. The number of nitrogens with one attached hydrogen (secondary N) is 1. The lowest BCUT2D eigenvalue weighted by atomic mass is 9.83. The average molecular weight is 286 g/mol. The van der Waals surface area contributed by atoms with E-state index in [1.807, 2.05) is 19.1 Å². The highest BCUT2D eigenvalue weighted by molar-refractivity contribution is 5.96. The van der Waals surface area contributed by atoms with E-state index in [4.69, 9.17) is 0 Å². The number of hydrogen-bond donors (Lipinski definition) is 2. The van der Waals surface area contributed by atoms with Gasteiger partial charge in [-0.1, -0.05) is 32.9 Å². The maximum atomic E-state index is 11.8. The molecule has 3 rings (SSSR count). The standard InChI is InChI=1S/C17H22N2O2/c1-10-15-11(8-9-18-10)14-12(17(2,3)4)6-5-7-13(14)19(15)16(20)21/h5-7,10,18H,8-9H2,1-4H3,(H,20,21). The maximum Gasteiger partial charge on any atom is 0.416 e. The molecule has 0 aliphatic carbocycles. The van der Waals surface area contributed by atoms with E-state index in [-0.39, 0.29) is 11.5 Å². The van der Waals surface area contributed by atoms with E-state index in [1.54, 1.807) is 0 Å². The molecule has 1 aromatic carbocycles. The van der Waals surface area contributed by atoms with E-state index in [1.165, 1.54) is 15.7 Å². The fourth-order valence-electron chi connectivity index (χ4n) is 3.49. The summed E-state index contributed by atoms with van der Waals surface area (Å²) in [4.78, 5) is 11.8. The largest absolute Gasteiger partial charge is 0.464 e. The highest BCUT2D eigenvalue weighted by Crippen LogP contribution is 2.38. The lowest BCUT2D eigenvalue weighted by Crippen LogP contribution is -2.30. The zero-order valence-electron chi connectivity index (χ0n) is 13.0. The number of fused-ring (bicyclic) bond motifs is 3. The predicted octanol–water partition coefficient (Wildman–Crippen LogP) is 3.67. The molecule has 4 heteroatoms. The van der Waals surface area contributed by atoms with Crippen LogP contribution in [0.4, 0.5) is 4.79 Å². The van der Waals surface area contributed by atoms with Crippen molar-refractivity contribution >= 4 is 17.0 Å². The Kier molecular flexibility index (Phi) is 3.10. The molecule has 112 valence electrons. The van der Waals surface area contributed by atoms with Gasteiger partial charge in [-0.2, -0.15) is 0 Å². The van der Waals surface area contributed by atoms with Gasteiger partial charge in [0.25, 0.3) is 0 Å². The van der Waals surface area contributed by atoms with Crippen molar-refractivity contribution in [3.63, 3.8) is 0 Å². The summed E-state index contributed by atoms with van der Waals surface area (Å²) in [5, 5.41) is 14.2. The van der Waals surface area contributed by atoms with E-state index < -0.39 is 6.09 Å². The van der Waals surface area contributed by atoms with Crippen LogP contribution in [-0.2, 0) is 11.8 Å². The van der Waals surface area contributed by atoms with Crippen molar-refractivity contribution in [2.24, 2.45) is 0 Å². The summed E-state index contributed by atoms with van der Waals surface area (Å²) in [6.07, 6.45) is -0.0216. The van der Waals surface area contributed by atoms with Gasteiger partial charge in [0.15, 0.2) is 0 Å². The molecule has 1 aliphatic heterocycles. The first-order valence-electron chi connectivity index (χ1n) is 7.45. The van der Waals surface area contributed by atoms with Gasteiger partial charge in [-0.15, -0.1) is 0 Å². The zero-order valence-corrected chi connectivity index (χ0v) is 13.0. The van der Waals surface area contributed by atoms with Gasteiger partial charge >= 0.3 is 6.09 Å². The van der Waals surface area contributed by atoms with Gasteiger partial charge < -0.3 is 10.4 Å². The summed E-state index contributed by atoms with van der Waals surface area (Å²) >= 11 is 0. The van der Waals surface area contributed by atoms with Gasteiger partial charge in [0, 0.05) is 11.4 Å². The molecular weight excluding hydrogens is 264 g/mol. The van der Waals surface area contributed by atoms with Crippen LogP contribution in [0.3, 0.4) is 0 Å². The molecule has 0 bridgehead atoms. The van der Waals surface area contributed by atoms with Crippen molar-refractivity contribution in [2.45, 2.75) is 45.6 Å². The van der Waals surface area contributed by atoms with Crippen molar-refractivity contribution in [2.75, 3.05) is 6.54 Å². The Hall–Kier alpha value is -1.81. The molecule has 0 spiro atoms. The third-order valence-corrected chi connectivity index (χ3v) is 4.37. The summed E-state index contributed by atoms with van der Waals surface area (Å²) in [7, 11) is 0. The monoisotopic (exact) mass is 286 g/mol. The number of benzene rings is 1. The maximum absolute atomic E-state index is 11.8. The smallest absolute Gasteiger partial charge is 0.416 e. The lowest BCUT2D eigenvalue weighted by Gasteiger charge is -2.24. The van der Waals surface area contributed by atoms with E-state index in [9.17, 15) is 9.90 Å². The first-order chi connectivity index (χ1) is 9.82. The summed E-state index contributed by atoms with van der Waals surface area (Å²) in [6, 6.07) is 6.07. The first-order valence-corrected chi connectivity index (χ1v) is 7.45. The van der Waals surface area contributed by atoms with Crippen molar-refractivity contribution in [3.8, 4) is 0 Å². The minimum Gasteiger partial charge on any atom is -0.464 e. The molecule has 0 saturated carbocycles. The number of hydrogen-bond acceptors (Lipinski definition) is 2. The van der Waals surface area contributed by atoms with Crippen LogP contribution in [0.15, 0.2) is 18.2 Å². The second-order valence-corrected chi connectivity index (χ2v) is 6.86. The normalized spacial score (nSPS) is 18.8. The van der Waals surface area contributed by atoms with Gasteiger partial charge in [-0.25, -0.2) is 9.36 Å². The van der Waals surface area contributed by atoms with E-state index in [0.29, 0.717) is 0 Å². The highest BCUT2D eigenvalue weighted by Gasteiger charge is 2.30. The second-order valence-electron chi connectivity index (χ2n) is 6.86. The van der Waals surface area contributed by atoms with Crippen molar-refractivity contribution < 1.29 is 9.90 Å². The number of carboxylic acid groups (broad SMARTS) is 1. The number of carbonyl (C=O) groups is 1. The van der Waals surface area contributed by atoms with Gasteiger partial charge in [0.1, 0.15) is 0 Å². The molecule has 1 atom stereocenters. The Morgan fingerprint density at radius 1 is 1.38 bits per heavy atom. The SMILES string of the molecule is CC1NCCc2c1n(C(=O)O)c1cccc(C(C)(C)C)c21. The summed E-state index contributed by atoms with van der Waals surface area (Å²) in [5.74, 6) is 0. The van der Waals surface area contributed by atoms with Crippen LogP contribution in [0.2, 0.25) is 0 Å². The Morgan fingerprint density at radius 3 is 2.71 bits per heavy atom. The molecule has 0 radical (unpaired) electrons. The quantitative estimate of drug-likeness (QED) is 0.777. The number of rotatable bonds is 0. The fraction of sp³-hybridized carbons (Fsp3) is 0.471. The van der Waals surface area contributed by atoms with Crippen LogP contribution in [0.1, 0.15) is 50.6 Å². The van der Waals surface area contributed by atoms with E-state index in [0.717, 1.165) is 29.6 Å². The predicted molar refractivity (Wildman–Crippen MR) is 84.2 cm³/mol. The molecular formula is C17H22N2O2. The van der Waals surface area contributed by atoms with Gasteiger partial charge in [-0.05, 0) is 42.5 Å². The highest BCUT2D eigenvalue weighted by atomic mass is 16.4. The van der Waals surface area contributed by atoms with Crippen LogP contribution < -0.4 is 5.32 Å². The molecule has 4 nitrogen and oxygen atoms in total. The average Bonchev–Trinajstić information content (AvgIpc) is 2.73. The van der Waals surface area contributed by atoms with Crippen LogP contribution in [0, 0.1) is 0 Å². The Morgan fingerprint density at radius 2 is 2.10 bits per heavy atom. The minimum atomic E-state index is -0.900. The molecule has 1 unspecified atom stereocenters. The molecule has 1 aromatic heterocycles. The molecule has 0 saturated heterocycles. The third-order valence-electron chi connectivity index (χ3n) is 4.37. The zero-order chi connectivity index (χ0) is 15.4. The number of nitrogens with zero attached hydrogens (tertiary/aromatic N) is 1. The molecule has 2 aromatic rings. The summed E-state index contributed by atoms with van der Waals surface area (Å²) in [6.45, 7) is 9.46. The Balaban J connectivity index is 2.47. The van der Waals surface area contributed by atoms with Crippen molar-refractivity contribution in [1.29, 1.82) is 0 Å². The van der Waals surface area contributed by atoms with Crippen LogP contribution in [0.5, 0.6) is 0 Å². The number of aromatic nitrogens is 1. The van der Waals surface area contributed by atoms with E-state index in [2.05, 4.69) is 32.2 Å².